The molecule has 3 N–H and O–H groups in total. The number of aliphatic hydroxyl groups is 2. The topological polar surface area (TPSA) is 52.5 Å². The Bertz CT molecular complexity index is 165. The molecule has 0 fully saturated rings. The van der Waals surface area contributed by atoms with Gasteiger partial charge in [0.25, 0.3) is 0 Å². The summed E-state index contributed by atoms with van der Waals surface area (Å²) in [6.07, 6.45) is -0.0492. The molecule has 0 aliphatic carbocycles. The molecule has 0 saturated carbocycles. The molecule has 2 unspecified atom stereocenters. The van der Waals surface area contributed by atoms with Crippen LogP contribution in [0.1, 0.15) is 20.3 Å². The Morgan fingerprint density at radius 3 is 2.70 bits per heavy atom. The predicted octanol–water partition coefficient (Wildman–Crippen LogP) is 0.519. The van der Waals surface area contributed by atoms with Crippen LogP contribution in [0.2, 0.25) is 0 Å². The van der Waals surface area contributed by atoms with Crippen molar-refractivity contribution in [1.82, 2.24) is 5.32 Å². The van der Waals surface area contributed by atoms with Crippen LogP contribution in [0.3, 0.4) is 0 Å². The van der Waals surface area contributed by atoms with E-state index in [4.69, 9.17) is 10.2 Å². The van der Waals surface area contributed by atoms with Crippen molar-refractivity contribution < 1.29 is 10.2 Å². The summed E-state index contributed by atoms with van der Waals surface area (Å²) in [5.41, 5.74) is 0.874. The molecule has 1 aliphatic rings. The lowest BCUT2D eigenvalue weighted by molar-refractivity contribution is 0.0974. The maximum absolute atomic E-state index is 9.13. The number of aliphatic hydroxyl groups excluding tert-OH is 2. The van der Waals surface area contributed by atoms with Crippen LogP contribution in [0.15, 0.2) is 11.3 Å². The van der Waals surface area contributed by atoms with Crippen LogP contribution < -0.4 is 5.32 Å². The molecule has 0 radical (unpaired) electrons. The molecule has 58 valence electrons. The first-order chi connectivity index (χ1) is 4.61. The van der Waals surface area contributed by atoms with E-state index in [9.17, 15) is 0 Å². The number of nitrogens with one attached hydrogen (secondary N) is 1. The minimum atomic E-state index is -0.858. The molecule has 0 aromatic heterocycles. The summed E-state index contributed by atoms with van der Waals surface area (Å²) < 4.78 is 0. The zero-order valence-electron chi connectivity index (χ0n) is 6.26. The van der Waals surface area contributed by atoms with Gasteiger partial charge < -0.3 is 10.2 Å². The Morgan fingerprint density at radius 2 is 2.20 bits per heavy atom. The number of hydrogen-bond acceptors (Lipinski definition) is 3. The molecule has 3 nitrogen and oxygen atoms in total. The van der Waals surface area contributed by atoms with Crippen LogP contribution in [0.4, 0.5) is 0 Å². The van der Waals surface area contributed by atoms with Gasteiger partial charge in [-0.3, -0.25) is 5.32 Å². The zero-order valence-corrected chi connectivity index (χ0v) is 6.26. The molecule has 3 heteroatoms. The Kier molecular flexibility index (Phi) is 1.97. The fourth-order valence-electron chi connectivity index (χ4n) is 1.20. The van der Waals surface area contributed by atoms with Crippen LogP contribution in [-0.2, 0) is 0 Å². The van der Waals surface area contributed by atoms with Gasteiger partial charge >= 0.3 is 0 Å². The second-order valence-corrected chi connectivity index (χ2v) is 2.84. The second kappa shape index (κ2) is 2.60. The lowest BCUT2D eigenvalue weighted by Gasteiger charge is -2.25. The fourth-order valence-corrected chi connectivity index (χ4v) is 1.20. The molecular formula is C7H13NO2. The summed E-state index contributed by atoms with van der Waals surface area (Å²) in [4.78, 5) is 0. The van der Waals surface area contributed by atoms with E-state index < -0.39 is 6.23 Å². The van der Waals surface area contributed by atoms with Crippen molar-refractivity contribution in [3.05, 3.63) is 11.3 Å². The average molecular weight is 143 g/mol. The Labute approximate surface area is 60.4 Å². The quantitative estimate of drug-likeness (QED) is 0.463. The first-order valence-corrected chi connectivity index (χ1v) is 3.44. The molecule has 0 spiro atoms. The van der Waals surface area contributed by atoms with Crippen LogP contribution >= 0.6 is 0 Å². The third-order valence-corrected chi connectivity index (χ3v) is 1.75. The standard InChI is InChI=1S/C7H13NO2/c1-4-3-5(2)8-7(10)6(4)9/h5,7-10H,3H2,1-2H3. The van der Waals surface area contributed by atoms with Gasteiger partial charge in [0.05, 0.1) is 0 Å². The van der Waals surface area contributed by atoms with E-state index in [0.717, 1.165) is 12.0 Å². The summed E-state index contributed by atoms with van der Waals surface area (Å²) in [5.74, 6) is 0.0816. The maximum Gasteiger partial charge on any atom is 0.163 e. The summed E-state index contributed by atoms with van der Waals surface area (Å²) in [5, 5.41) is 21.0. The highest BCUT2D eigenvalue weighted by Crippen LogP contribution is 2.16. The molecule has 0 amide bonds. The highest BCUT2D eigenvalue weighted by Gasteiger charge is 2.21. The van der Waals surface area contributed by atoms with Gasteiger partial charge in [0.1, 0.15) is 5.76 Å². The van der Waals surface area contributed by atoms with E-state index in [2.05, 4.69) is 5.32 Å². The van der Waals surface area contributed by atoms with E-state index in [1.54, 1.807) is 0 Å². The molecule has 2 atom stereocenters. The minimum absolute atomic E-state index is 0.0816. The van der Waals surface area contributed by atoms with E-state index in [1.165, 1.54) is 0 Å². The zero-order chi connectivity index (χ0) is 7.72. The van der Waals surface area contributed by atoms with Crippen molar-refractivity contribution >= 4 is 0 Å². The molecule has 1 aliphatic heterocycles. The molecule has 10 heavy (non-hydrogen) atoms. The summed E-state index contributed by atoms with van der Waals surface area (Å²) >= 11 is 0. The van der Waals surface area contributed by atoms with E-state index >= 15 is 0 Å². The van der Waals surface area contributed by atoms with Gasteiger partial charge in [0.2, 0.25) is 0 Å². The third kappa shape index (κ3) is 1.30. The second-order valence-electron chi connectivity index (χ2n) is 2.84. The summed E-state index contributed by atoms with van der Waals surface area (Å²) in [6, 6.07) is 0.255. The first-order valence-electron chi connectivity index (χ1n) is 3.44. The first kappa shape index (κ1) is 7.57. The summed E-state index contributed by atoms with van der Waals surface area (Å²) in [7, 11) is 0. The van der Waals surface area contributed by atoms with Gasteiger partial charge in [0.15, 0.2) is 6.23 Å². The average Bonchev–Trinajstić information content (AvgIpc) is 1.82. The van der Waals surface area contributed by atoms with Crippen LogP contribution in [-0.4, -0.2) is 22.5 Å². The van der Waals surface area contributed by atoms with Crippen LogP contribution in [0, 0.1) is 0 Å². The number of rotatable bonds is 0. The Morgan fingerprint density at radius 1 is 1.60 bits per heavy atom. The van der Waals surface area contributed by atoms with E-state index in [0.29, 0.717) is 0 Å². The normalized spacial score (nSPS) is 34.7. The van der Waals surface area contributed by atoms with Gasteiger partial charge in [-0.1, -0.05) is 0 Å². The smallest absolute Gasteiger partial charge is 0.163 e. The SMILES string of the molecule is CC1=C(O)C(O)NC(C)C1. The largest absolute Gasteiger partial charge is 0.508 e. The van der Waals surface area contributed by atoms with Gasteiger partial charge in [-0.05, 0) is 25.8 Å². The number of hydrogen-bond donors (Lipinski definition) is 3. The van der Waals surface area contributed by atoms with Crippen molar-refractivity contribution in [3.63, 3.8) is 0 Å². The molecule has 1 rings (SSSR count). The molecule has 0 saturated heterocycles. The van der Waals surface area contributed by atoms with E-state index in [-0.39, 0.29) is 11.8 Å². The van der Waals surface area contributed by atoms with Gasteiger partial charge in [-0.25, -0.2) is 0 Å². The molecule has 1 heterocycles. The monoisotopic (exact) mass is 143 g/mol. The van der Waals surface area contributed by atoms with Crippen molar-refractivity contribution in [1.29, 1.82) is 0 Å². The molecular weight excluding hydrogens is 130 g/mol. The lowest BCUT2D eigenvalue weighted by atomic mass is 10.0. The molecule has 0 aromatic carbocycles. The molecule has 0 aromatic rings. The van der Waals surface area contributed by atoms with Gasteiger partial charge in [-0.2, -0.15) is 0 Å². The fraction of sp³-hybridized carbons (Fsp3) is 0.714. The highest BCUT2D eigenvalue weighted by molar-refractivity contribution is 5.13. The highest BCUT2D eigenvalue weighted by atomic mass is 16.3. The van der Waals surface area contributed by atoms with Crippen molar-refractivity contribution in [2.75, 3.05) is 0 Å². The van der Waals surface area contributed by atoms with Crippen molar-refractivity contribution in [2.45, 2.75) is 32.5 Å². The third-order valence-electron chi connectivity index (χ3n) is 1.75. The van der Waals surface area contributed by atoms with Crippen LogP contribution in [0.25, 0.3) is 0 Å². The maximum atomic E-state index is 9.13. The van der Waals surface area contributed by atoms with Crippen molar-refractivity contribution in [2.24, 2.45) is 0 Å². The lowest BCUT2D eigenvalue weighted by Crippen LogP contribution is -2.41. The molecule has 0 bridgehead atoms. The van der Waals surface area contributed by atoms with Crippen LogP contribution in [0.5, 0.6) is 0 Å². The minimum Gasteiger partial charge on any atom is -0.508 e. The van der Waals surface area contributed by atoms with Gasteiger partial charge in [-0.15, -0.1) is 0 Å². The Balaban J connectivity index is 2.74. The summed E-state index contributed by atoms with van der Waals surface area (Å²) in [6.45, 7) is 3.80. The van der Waals surface area contributed by atoms with Gasteiger partial charge in [0, 0.05) is 6.04 Å². The Hall–Kier alpha value is -0.540. The predicted molar refractivity (Wildman–Crippen MR) is 38.6 cm³/mol. The van der Waals surface area contributed by atoms with Crippen molar-refractivity contribution in [3.8, 4) is 0 Å². The van der Waals surface area contributed by atoms with E-state index in [1.807, 2.05) is 13.8 Å².